The molecule has 4 aromatic carbocycles. The van der Waals surface area contributed by atoms with Crippen molar-refractivity contribution in [2.75, 3.05) is 10.8 Å². The number of nitrogens with zero attached hydrogens (tertiary/aromatic N) is 2. The van der Waals surface area contributed by atoms with Crippen molar-refractivity contribution in [3.05, 3.63) is 130 Å². The van der Waals surface area contributed by atoms with Crippen molar-refractivity contribution in [1.82, 2.24) is 10.2 Å². The zero-order valence-electron chi connectivity index (χ0n) is 27.2. The van der Waals surface area contributed by atoms with Gasteiger partial charge in [0.1, 0.15) is 12.6 Å². The lowest BCUT2D eigenvalue weighted by molar-refractivity contribution is -0.140. The Bertz CT molecular complexity index is 1790. The van der Waals surface area contributed by atoms with E-state index in [0.29, 0.717) is 16.3 Å². The fourth-order valence-corrected chi connectivity index (χ4v) is 7.67. The summed E-state index contributed by atoms with van der Waals surface area (Å²) >= 11 is 6.49. The Morgan fingerprint density at radius 1 is 0.809 bits per heavy atom. The van der Waals surface area contributed by atoms with Gasteiger partial charge in [0.25, 0.3) is 10.0 Å². The zero-order valence-corrected chi connectivity index (χ0v) is 28.7. The van der Waals surface area contributed by atoms with Crippen LogP contribution in [0.25, 0.3) is 0 Å². The molecule has 0 aromatic heterocycles. The lowest BCUT2D eigenvalue weighted by Gasteiger charge is -2.34. The van der Waals surface area contributed by atoms with Gasteiger partial charge in [0.2, 0.25) is 11.8 Å². The summed E-state index contributed by atoms with van der Waals surface area (Å²) in [6.45, 7) is 5.20. The van der Waals surface area contributed by atoms with E-state index in [2.05, 4.69) is 5.32 Å². The van der Waals surface area contributed by atoms with E-state index in [1.54, 1.807) is 54.3 Å². The lowest BCUT2D eigenvalue weighted by atomic mass is 10.0. The van der Waals surface area contributed by atoms with Gasteiger partial charge in [-0.1, -0.05) is 108 Å². The summed E-state index contributed by atoms with van der Waals surface area (Å²) in [5, 5.41) is 3.59. The van der Waals surface area contributed by atoms with E-state index in [9.17, 15) is 18.0 Å². The third-order valence-electron chi connectivity index (χ3n) is 8.84. The highest BCUT2D eigenvalue weighted by Gasteiger charge is 2.36. The molecule has 0 radical (unpaired) electrons. The Hall–Kier alpha value is -4.14. The van der Waals surface area contributed by atoms with Crippen molar-refractivity contribution in [2.45, 2.75) is 76.4 Å². The van der Waals surface area contributed by atoms with Crippen molar-refractivity contribution in [3.8, 4) is 0 Å². The highest BCUT2D eigenvalue weighted by atomic mass is 35.5. The molecule has 1 unspecified atom stereocenters. The third-order valence-corrected chi connectivity index (χ3v) is 11.0. The molecule has 246 valence electrons. The Morgan fingerprint density at radius 2 is 1.43 bits per heavy atom. The van der Waals surface area contributed by atoms with Crippen molar-refractivity contribution in [1.29, 1.82) is 0 Å². The number of nitrogens with one attached hydrogen (secondary N) is 1. The van der Waals surface area contributed by atoms with Gasteiger partial charge in [-0.05, 0) is 74.6 Å². The van der Waals surface area contributed by atoms with Crippen LogP contribution in [0.2, 0.25) is 5.02 Å². The molecule has 0 spiro atoms. The first kappa shape index (κ1) is 34.2. The average Bonchev–Trinajstić information content (AvgIpc) is 3.57. The van der Waals surface area contributed by atoms with Crippen molar-refractivity contribution in [2.24, 2.45) is 0 Å². The van der Waals surface area contributed by atoms with Gasteiger partial charge in [-0.2, -0.15) is 0 Å². The summed E-state index contributed by atoms with van der Waals surface area (Å²) in [6, 6.07) is 28.1. The van der Waals surface area contributed by atoms with Gasteiger partial charge in [-0.3, -0.25) is 13.9 Å². The first-order valence-electron chi connectivity index (χ1n) is 16.1. The smallest absolute Gasteiger partial charge is 0.264 e. The Balaban J connectivity index is 1.58. The molecule has 7 nitrogen and oxygen atoms in total. The lowest BCUT2D eigenvalue weighted by Crippen LogP contribution is -2.54. The largest absolute Gasteiger partial charge is 0.352 e. The zero-order chi connectivity index (χ0) is 33.6. The highest BCUT2D eigenvalue weighted by Crippen LogP contribution is 2.31. The molecular formula is C38H42ClN3O4S. The minimum absolute atomic E-state index is 0.0459. The fourth-order valence-electron chi connectivity index (χ4n) is 6.03. The first-order chi connectivity index (χ1) is 22.5. The van der Waals surface area contributed by atoms with E-state index in [4.69, 9.17) is 11.6 Å². The van der Waals surface area contributed by atoms with E-state index in [1.807, 2.05) is 68.4 Å². The minimum Gasteiger partial charge on any atom is -0.352 e. The number of hydrogen-bond acceptors (Lipinski definition) is 4. The molecule has 1 atom stereocenters. The number of hydrogen-bond donors (Lipinski definition) is 1. The van der Waals surface area contributed by atoms with Gasteiger partial charge in [0.15, 0.2) is 0 Å². The number of sulfonamides is 1. The topological polar surface area (TPSA) is 86.8 Å². The van der Waals surface area contributed by atoms with Gasteiger partial charge in [0, 0.05) is 24.0 Å². The molecule has 47 heavy (non-hydrogen) atoms. The van der Waals surface area contributed by atoms with E-state index in [1.165, 1.54) is 0 Å². The number of rotatable bonds is 12. The molecule has 1 aliphatic carbocycles. The maximum absolute atomic E-state index is 14.7. The van der Waals surface area contributed by atoms with Crippen LogP contribution in [0.5, 0.6) is 0 Å². The number of amides is 2. The average molecular weight is 672 g/mol. The molecule has 1 saturated carbocycles. The summed E-state index contributed by atoms with van der Waals surface area (Å²) in [4.78, 5) is 30.4. The van der Waals surface area contributed by atoms with E-state index >= 15 is 0 Å². The highest BCUT2D eigenvalue weighted by molar-refractivity contribution is 7.92. The molecule has 0 aliphatic heterocycles. The van der Waals surface area contributed by atoms with E-state index in [-0.39, 0.29) is 29.8 Å². The second-order valence-electron chi connectivity index (χ2n) is 12.4. The summed E-state index contributed by atoms with van der Waals surface area (Å²) < 4.78 is 29.8. The second-order valence-corrected chi connectivity index (χ2v) is 14.7. The molecular weight excluding hydrogens is 630 g/mol. The maximum atomic E-state index is 14.7. The predicted octanol–water partition coefficient (Wildman–Crippen LogP) is 7.16. The fraction of sp³-hybridized carbons (Fsp3) is 0.316. The first-order valence-corrected chi connectivity index (χ1v) is 17.9. The van der Waals surface area contributed by atoms with Crippen LogP contribution in [-0.2, 0) is 32.6 Å². The molecule has 1 aliphatic rings. The Morgan fingerprint density at radius 3 is 2.06 bits per heavy atom. The van der Waals surface area contributed by atoms with E-state index < -0.39 is 28.5 Å². The minimum atomic E-state index is -4.21. The molecule has 0 heterocycles. The molecule has 1 fully saturated rings. The molecule has 2 amide bonds. The summed E-state index contributed by atoms with van der Waals surface area (Å²) in [5.41, 5.74) is 4.54. The Labute approximate surface area is 283 Å². The molecule has 5 rings (SSSR count). The Kier molecular flexibility index (Phi) is 11.0. The van der Waals surface area contributed by atoms with Gasteiger partial charge in [0.05, 0.1) is 10.6 Å². The number of anilines is 1. The third kappa shape index (κ3) is 8.42. The van der Waals surface area contributed by atoms with Crippen molar-refractivity contribution >= 4 is 39.1 Å². The van der Waals surface area contributed by atoms with Gasteiger partial charge in [-0.15, -0.1) is 0 Å². The molecule has 4 aromatic rings. The van der Waals surface area contributed by atoms with Crippen molar-refractivity contribution < 1.29 is 18.0 Å². The quantitative estimate of drug-likeness (QED) is 0.173. The maximum Gasteiger partial charge on any atom is 0.264 e. The standard InChI is InChI=1S/C38H42ClN3O4S/c1-27-16-20-31(21-17-27)25-41(36(24-30-10-5-4-6-11-30)38(44)40-32-12-7-8-13-32)37(43)26-42(35-15-9-14-34(39)29(35)3)47(45,46)33-22-18-28(2)19-23-33/h4-6,9-11,14-23,32,36H,7-8,12-13,24-26H2,1-3H3,(H,40,44). The van der Waals surface area contributed by atoms with Crippen LogP contribution in [0.1, 0.15) is 53.5 Å². The molecule has 9 heteroatoms. The summed E-state index contributed by atoms with van der Waals surface area (Å²) in [6.07, 6.45) is 4.16. The molecule has 0 bridgehead atoms. The second kappa shape index (κ2) is 15.2. The number of carbonyl (C=O) groups is 2. The van der Waals surface area contributed by atoms with Gasteiger partial charge in [-0.25, -0.2) is 8.42 Å². The van der Waals surface area contributed by atoms with Crippen LogP contribution >= 0.6 is 11.6 Å². The van der Waals surface area contributed by atoms with Crippen LogP contribution in [0.15, 0.2) is 102 Å². The van der Waals surface area contributed by atoms with E-state index in [0.717, 1.165) is 52.2 Å². The monoisotopic (exact) mass is 671 g/mol. The number of aryl methyl sites for hydroxylation is 2. The number of benzene rings is 4. The van der Waals surface area contributed by atoms with Crippen LogP contribution in [0.4, 0.5) is 5.69 Å². The summed E-state index contributed by atoms with van der Waals surface area (Å²) in [5.74, 6) is -0.740. The number of halogens is 1. The van der Waals surface area contributed by atoms with Gasteiger partial charge >= 0.3 is 0 Å². The molecule has 0 saturated heterocycles. The molecule has 1 N–H and O–H groups in total. The van der Waals surface area contributed by atoms with Crippen molar-refractivity contribution in [3.63, 3.8) is 0 Å². The van der Waals surface area contributed by atoms with Crippen LogP contribution < -0.4 is 9.62 Å². The summed E-state index contributed by atoms with van der Waals surface area (Å²) in [7, 11) is -4.21. The normalized spacial score (nSPS) is 14.0. The van der Waals surface area contributed by atoms with Crippen LogP contribution in [0, 0.1) is 20.8 Å². The van der Waals surface area contributed by atoms with Crippen LogP contribution in [0.3, 0.4) is 0 Å². The SMILES string of the molecule is Cc1ccc(CN(C(=O)CN(c2cccc(Cl)c2C)S(=O)(=O)c2ccc(C)cc2)C(Cc2ccccc2)C(=O)NC2CCCC2)cc1. The number of carbonyl (C=O) groups excluding carboxylic acids is 2. The predicted molar refractivity (Wildman–Crippen MR) is 188 cm³/mol. The van der Waals surface area contributed by atoms with Gasteiger partial charge < -0.3 is 10.2 Å². The van der Waals surface area contributed by atoms with Crippen LogP contribution in [-0.4, -0.2) is 43.8 Å².